The number of ether oxygens (including phenoxy) is 1. The van der Waals surface area contributed by atoms with Crippen LogP contribution < -0.4 is 15.4 Å². The van der Waals surface area contributed by atoms with Crippen molar-refractivity contribution < 1.29 is 9.53 Å². The Bertz CT molecular complexity index is 948. The second-order valence-electron chi connectivity index (χ2n) is 5.37. The van der Waals surface area contributed by atoms with Gasteiger partial charge in [0.1, 0.15) is 5.75 Å². The maximum atomic E-state index is 12.5. The van der Waals surface area contributed by atoms with E-state index >= 15 is 0 Å². The first-order chi connectivity index (χ1) is 12.6. The van der Waals surface area contributed by atoms with Crippen molar-refractivity contribution in [2.75, 3.05) is 17.7 Å². The monoisotopic (exact) mass is 387 g/mol. The Morgan fingerprint density at radius 1 is 1.04 bits per heavy atom. The third-order valence-corrected chi connectivity index (χ3v) is 4.11. The molecule has 1 amide bonds. The number of carbonyl (C=O) groups excluding carboxylic acids is 1. The molecule has 26 heavy (non-hydrogen) atoms. The van der Waals surface area contributed by atoms with Crippen LogP contribution in [0.2, 0.25) is 10.0 Å². The maximum Gasteiger partial charge on any atom is 0.257 e. The van der Waals surface area contributed by atoms with Crippen molar-refractivity contribution in [3.63, 3.8) is 0 Å². The number of carbonyl (C=O) groups is 1. The van der Waals surface area contributed by atoms with Gasteiger partial charge in [0, 0.05) is 11.2 Å². The molecule has 0 spiro atoms. The third kappa shape index (κ3) is 4.25. The molecule has 0 radical (unpaired) electrons. The van der Waals surface area contributed by atoms with Gasteiger partial charge in [0.25, 0.3) is 5.91 Å². The van der Waals surface area contributed by atoms with Crippen LogP contribution in [0.15, 0.2) is 60.9 Å². The number of anilines is 3. The van der Waals surface area contributed by atoms with Crippen molar-refractivity contribution in [3.05, 3.63) is 76.5 Å². The summed E-state index contributed by atoms with van der Waals surface area (Å²) in [4.78, 5) is 16.6. The van der Waals surface area contributed by atoms with Gasteiger partial charge in [0.2, 0.25) is 0 Å². The van der Waals surface area contributed by atoms with Crippen molar-refractivity contribution in [1.29, 1.82) is 0 Å². The molecule has 2 aromatic carbocycles. The molecule has 0 fully saturated rings. The highest BCUT2D eigenvalue weighted by molar-refractivity contribution is 6.36. The molecule has 0 bridgehead atoms. The fraction of sp³-hybridized carbons (Fsp3) is 0.0526. The molecular formula is C19H15Cl2N3O2. The zero-order chi connectivity index (χ0) is 18.5. The van der Waals surface area contributed by atoms with E-state index in [-0.39, 0.29) is 5.91 Å². The van der Waals surface area contributed by atoms with Crippen molar-refractivity contribution in [1.82, 2.24) is 4.98 Å². The lowest BCUT2D eigenvalue weighted by Crippen LogP contribution is -2.12. The number of pyridine rings is 1. The molecule has 0 atom stereocenters. The Hall–Kier alpha value is -2.76. The number of nitrogens with zero attached hydrogens (tertiary/aromatic N) is 1. The molecule has 5 nitrogen and oxygen atoms in total. The summed E-state index contributed by atoms with van der Waals surface area (Å²) in [6.45, 7) is 0. The fourth-order valence-electron chi connectivity index (χ4n) is 2.32. The number of hydrogen-bond acceptors (Lipinski definition) is 4. The molecule has 1 aromatic heterocycles. The van der Waals surface area contributed by atoms with E-state index in [1.54, 1.807) is 37.6 Å². The minimum atomic E-state index is -0.328. The number of amides is 1. The van der Waals surface area contributed by atoms with Crippen molar-refractivity contribution in [2.24, 2.45) is 0 Å². The topological polar surface area (TPSA) is 63.2 Å². The zero-order valence-corrected chi connectivity index (χ0v) is 15.3. The average Bonchev–Trinajstić information content (AvgIpc) is 2.64. The SMILES string of the molecule is COc1ccccc1Nc1cncc(C(=O)Nc2ccc(Cl)cc2Cl)c1. The number of methoxy groups -OCH3 is 1. The van der Waals surface area contributed by atoms with Crippen LogP contribution in [0.1, 0.15) is 10.4 Å². The van der Waals surface area contributed by atoms with Gasteiger partial charge in [-0.25, -0.2) is 0 Å². The zero-order valence-electron chi connectivity index (χ0n) is 13.8. The lowest BCUT2D eigenvalue weighted by Gasteiger charge is -2.12. The lowest BCUT2D eigenvalue weighted by molar-refractivity contribution is 0.102. The predicted molar refractivity (Wildman–Crippen MR) is 105 cm³/mol. The van der Waals surface area contributed by atoms with Gasteiger partial charge in [-0.05, 0) is 36.4 Å². The number of para-hydroxylation sites is 2. The highest BCUT2D eigenvalue weighted by Gasteiger charge is 2.11. The number of rotatable bonds is 5. The van der Waals surface area contributed by atoms with E-state index in [1.165, 1.54) is 6.20 Å². The minimum Gasteiger partial charge on any atom is -0.495 e. The molecule has 3 rings (SSSR count). The van der Waals surface area contributed by atoms with Gasteiger partial charge >= 0.3 is 0 Å². The Morgan fingerprint density at radius 3 is 2.62 bits per heavy atom. The summed E-state index contributed by atoms with van der Waals surface area (Å²) in [5.74, 6) is 0.362. The highest BCUT2D eigenvalue weighted by atomic mass is 35.5. The molecule has 0 saturated carbocycles. The highest BCUT2D eigenvalue weighted by Crippen LogP contribution is 2.28. The number of aromatic nitrogens is 1. The number of halogens is 2. The van der Waals surface area contributed by atoms with Gasteiger partial charge in [-0.15, -0.1) is 0 Å². The van der Waals surface area contributed by atoms with E-state index in [0.29, 0.717) is 32.7 Å². The molecule has 0 aliphatic carbocycles. The van der Waals surface area contributed by atoms with Crippen LogP contribution in [0, 0.1) is 0 Å². The van der Waals surface area contributed by atoms with E-state index in [4.69, 9.17) is 27.9 Å². The number of benzene rings is 2. The Balaban J connectivity index is 1.79. The first-order valence-corrected chi connectivity index (χ1v) is 8.44. The fourth-order valence-corrected chi connectivity index (χ4v) is 2.78. The molecule has 2 N–H and O–H groups in total. The predicted octanol–water partition coefficient (Wildman–Crippen LogP) is 5.39. The summed E-state index contributed by atoms with van der Waals surface area (Å²) in [5.41, 5.74) is 2.29. The van der Waals surface area contributed by atoms with Crippen LogP contribution in [-0.2, 0) is 0 Å². The molecule has 7 heteroatoms. The van der Waals surface area contributed by atoms with Gasteiger partial charge in [0.05, 0.1) is 41.0 Å². The summed E-state index contributed by atoms with van der Waals surface area (Å²) in [6, 6.07) is 14.0. The second kappa shape index (κ2) is 8.08. The Morgan fingerprint density at radius 2 is 1.85 bits per heavy atom. The van der Waals surface area contributed by atoms with Crippen molar-refractivity contribution in [3.8, 4) is 5.75 Å². The number of hydrogen-bond donors (Lipinski definition) is 2. The summed E-state index contributed by atoms with van der Waals surface area (Å²) < 4.78 is 5.31. The van der Waals surface area contributed by atoms with Crippen LogP contribution >= 0.6 is 23.2 Å². The quantitative estimate of drug-likeness (QED) is 0.615. The van der Waals surface area contributed by atoms with E-state index < -0.39 is 0 Å². The van der Waals surface area contributed by atoms with Gasteiger partial charge in [0.15, 0.2) is 0 Å². The summed E-state index contributed by atoms with van der Waals surface area (Å²) in [7, 11) is 1.60. The second-order valence-corrected chi connectivity index (χ2v) is 6.21. The standard InChI is InChI=1S/C19H15Cl2N3O2/c1-26-18-5-3-2-4-17(18)23-14-8-12(10-22-11-14)19(25)24-16-7-6-13(20)9-15(16)21/h2-11,23H,1H3,(H,24,25). The van der Waals surface area contributed by atoms with E-state index in [0.717, 1.165) is 5.69 Å². The van der Waals surface area contributed by atoms with Gasteiger partial charge in [-0.3, -0.25) is 9.78 Å². The smallest absolute Gasteiger partial charge is 0.257 e. The van der Waals surface area contributed by atoms with Crippen molar-refractivity contribution in [2.45, 2.75) is 0 Å². The van der Waals surface area contributed by atoms with E-state index in [1.807, 2.05) is 24.3 Å². The Labute approximate surface area is 160 Å². The first kappa shape index (κ1) is 18.0. The molecular weight excluding hydrogens is 373 g/mol. The minimum absolute atomic E-state index is 0.328. The van der Waals surface area contributed by atoms with Crippen LogP contribution in [-0.4, -0.2) is 18.0 Å². The molecule has 3 aromatic rings. The number of nitrogens with one attached hydrogen (secondary N) is 2. The van der Waals surface area contributed by atoms with Gasteiger partial charge < -0.3 is 15.4 Å². The molecule has 1 heterocycles. The van der Waals surface area contributed by atoms with Gasteiger partial charge in [-0.2, -0.15) is 0 Å². The summed E-state index contributed by atoms with van der Waals surface area (Å²) in [6.07, 6.45) is 3.10. The Kier molecular flexibility index (Phi) is 5.61. The van der Waals surface area contributed by atoms with Crippen LogP contribution in [0.5, 0.6) is 5.75 Å². The van der Waals surface area contributed by atoms with E-state index in [2.05, 4.69) is 15.6 Å². The van der Waals surface area contributed by atoms with E-state index in [9.17, 15) is 4.79 Å². The molecule has 0 aliphatic heterocycles. The van der Waals surface area contributed by atoms with Gasteiger partial charge in [-0.1, -0.05) is 35.3 Å². The lowest BCUT2D eigenvalue weighted by atomic mass is 10.2. The van der Waals surface area contributed by atoms with Crippen LogP contribution in [0.3, 0.4) is 0 Å². The largest absolute Gasteiger partial charge is 0.495 e. The van der Waals surface area contributed by atoms with Crippen LogP contribution in [0.4, 0.5) is 17.1 Å². The van der Waals surface area contributed by atoms with Crippen LogP contribution in [0.25, 0.3) is 0 Å². The molecule has 132 valence electrons. The molecule has 0 saturated heterocycles. The summed E-state index contributed by atoms with van der Waals surface area (Å²) in [5, 5.41) is 6.80. The maximum absolute atomic E-state index is 12.5. The third-order valence-electron chi connectivity index (χ3n) is 3.57. The average molecular weight is 388 g/mol. The molecule has 0 unspecified atom stereocenters. The van der Waals surface area contributed by atoms with Crippen molar-refractivity contribution >= 4 is 46.2 Å². The normalized spacial score (nSPS) is 10.3. The summed E-state index contributed by atoms with van der Waals surface area (Å²) >= 11 is 12.0. The molecule has 0 aliphatic rings. The first-order valence-electron chi connectivity index (χ1n) is 7.68.